The van der Waals surface area contributed by atoms with E-state index in [4.69, 9.17) is 0 Å². The molecule has 1 N–H and O–H groups in total. The zero-order valence-electron chi connectivity index (χ0n) is 11.1. The lowest BCUT2D eigenvalue weighted by Crippen LogP contribution is -2.20. The Bertz CT molecular complexity index is 537. The molecule has 0 bridgehead atoms. The van der Waals surface area contributed by atoms with Gasteiger partial charge in [0.2, 0.25) is 0 Å². The van der Waals surface area contributed by atoms with Crippen molar-refractivity contribution in [2.24, 2.45) is 12.5 Å². The molecular formula is C15H21NO. The van der Waals surface area contributed by atoms with Crippen molar-refractivity contribution in [3.8, 4) is 0 Å². The Morgan fingerprint density at radius 3 is 2.53 bits per heavy atom. The van der Waals surface area contributed by atoms with Gasteiger partial charge in [-0.15, -0.1) is 0 Å². The average molecular weight is 231 g/mol. The van der Waals surface area contributed by atoms with Crippen LogP contribution < -0.4 is 0 Å². The number of para-hydroxylation sites is 1. The van der Waals surface area contributed by atoms with Gasteiger partial charge in [-0.2, -0.15) is 0 Å². The predicted octanol–water partition coefficient (Wildman–Crippen LogP) is 3.05. The van der Waals surface area contributed by atoms with Crippen molar-refractivity contribution in [1.82, 2.24) is 4.57 Å². The second-order valence-electron chi connectivity index (χ2n) is 5.64. The molecule has 1 aromatic carbocycles. The van der Waals surface area contributed by atoms with Crippen molar-refractivity contribution in [3.63, 3.8) is 0 Å². The predicted molar refractivity (Wildman–Crippen MR) is 72.2 cm³/mol. The zero-order valence-corrected chi connectivity index (χ0v) is 11.1. The van der Waals surface area contributed by atoms with Gasteiger partial charge in [-0.05, 0) is 30.4 Å². The minimum atomic E-state index is -0.0606. The molecule has 0 spiro atoms. The number of nitrogens with zero attached hydrogens (tertiary/aromatic N) is 1. The van der Waals surface area contributed by atoms with Gasteiger partial charge in [0.25, 0.3) is 0 Å². The highest BCUT2D eigenvalue weighted by Gasteiger charge is 2.21. The molecule has 92 valence electrons. The van der Waals surface area contributed by atoms with Gasteiger partial charge in [-0.25, -0.2) is 0 Å². The molecular weight excluding hydrogens is 210 g/mol. The first-order valence-corrected chi connectivity index (χ1v) is 6.10. The van der Waals surface area contributed by atoms with E-state index in [0.717, 1.165) is 6.42 Å². The Kier molecular flexibility index (Phi) is 3.00. The van der Waals surface area contributed by atoms with Crippen LogP contribution in [0.1, 0.15) is 25.1 Å². The van der Waals surface area contributed by atoms with Crippen molar-refractivity contribution in [1.29, 1.82) is 0 Å². The van der Waals surface area contributed by atoms with Gasteiger partial charge in [-0.3, -0.25) is 0 Å². The van der Waals surface area contributed by atoms with Crippen LogP contribution in [0.2, 0.25) is 0 Å². The van der Waals surface area contributed by atoms with Gasteiger partial charge < -0.3 is 9.67 Å². The summed E-state index contributed by atoms with van der Waals surface area (Å²) in [5.74, 6) is 0. The van der Waals surface area contributed by atoms with Crippen LogP contribution in [0.15, 0.2) is 24.3 Å². The molecule has 1 heterocycles. The third-order valence-corrected chi connectivity index (χ3v) is 3.61. The largest absolute Gasteiger partial charge is 0.396 e. The molecule has 17 heavy (non-hydrogen) atoms. The Labute approximate surface area is 103 Å². The molecule has 1 aromatic heterocycles. The molecule has 0 unspecified atom stereocenters. The first-order chi connectivity index (χ1) is 7.96. The van der Waals surface area contributed by atoms with E-state index in [9.17, 15) is 5.11 Å². The van der Waals surface area contributed by atoms with E-state index in [1.54, 1.807) is 0 Å². The number of aromatic nitrogens is 1. The third-order valence-electron chi connectivity index (χ3n) is 3.61. The van der Waals surface area contributed by atoms with E-state index in [2.05, 4.69) is 56.7 Å². The molecule has 0 saturated heterocycles. The average Bonchev–Trinajstić information content (AvgIpc) is 2.55. The number of rotatable bonds is 3. The number of benzene rings is 1. The summed E-state index contributed by atoms with van der Waals surface area (Å²) in [7, 11) is 2.10. The molecule has 2 heteroatoms. The van der Waals surface area contributed by atoms with Gasteiger partial charge in [0.1, 0.15) is 0 Å². The molecule has 0 amide bonds. The molecule has 0 radical (unpaired) electrons. The van der Waals surface area contributed by atoms with E-state index >= 15 is 0 Å². The summed E-state index contributed by atoms with van der Waals surface area (Å²) in [6.07, 6.45) is 0.913. The fourth-order valence-electron chi connectivity index (χ4n) is 2.36. The first kappa shape index (κ1) is 12.2. The van der Waals surface area contributed by atoms with Crippen LogP contribution in [0, 0.1) is 12.3 Å². The number of aliphatic hydroxyl groups excluding tert-OH is 1. The summed E-state index contributed by atoms with van der Waals surface area (Å²) >= 11 is 0. The van der Waals surface area contributed by atoms with E-state index < -0.39 is 0 Å². The Morgan fingerprint density at radius 2 is 1.88 bits per heavy atom. The minimum absolute atomic E-state index is 0.0606. The van der Waals surface area contributed by atoms with Crippen molar-refractivity contribution in [2.45, 2.75) is 27.2 Å². The Hall–Kier alpha value is -1.28. The zero-order chi connectivity index (χ0) is 12.6. The highest BCUT2D eigenvalue weighted by Crippen LogP contribution is 2.30. The highest BCUT2D eigenvalue weighted by atomic mass is 16.3. The van der Waals surface area contributed by atoms with Gasteiger partial charge >= 0.3 is 0 Å². The van der Waals surface area contributed by atoms with Crippen LogP contribution in [0.3, 0.4) is 0 Å². The Morgan fingerprint density at radius 1 is 1.24 bits per heavy atom. The number of aliphatic hydroxyl groups is 1. The maximum absolute atomic E-state index is 9.42. The molecule has 0 atom stereocenters. The van der Waals surface area contributed by atoms with Gasteiger partial charge in [0.15, 0.2) is 0 Å². The van der Waals surface area contributed by atoms with Crippen LogP contribution in [0.4, 0.5) is 0 Å². The summed E-state index contributed by atoms with van der Waals surface area (Å²) in [6, 6.07) is 8.48. The summed E-state index contributed by atoms with van der Waals surface area (Å²) < 4.78 is 2.23. The van der Waals surface area contributed by atoms with Crippen LogP contribution in [0.5, 0.6) is 0 Å². The molecule has 0 aliphatic rings. The van der Waals surface area contributed by atoms with Crippen molar-refractivity contribution >= 4 is 10.9 Å². The van der Waals surface area contributed by atoms with E-state index in [0.29, 0.717) is 0 Å². The standard InChI is InChI=1S/C15H21NO/c1-11-13(9-15(2,3)10-17)12-7-5-6-8-14(12)16(11)4/h5-8,17H,9-10H2,1-4H3. The smallest absolute Gasteiger partial charge is 0.0485 e. The number of aryl methyl sites for hydroxylation is 1. The van der Waals surface area contributed by atoms with E-state index in [1.807, 2.05) is 0 Å². The van der Waals surface area contributed by atoms with E-state index in [1.165, 1.54) is 22.2 Å². The fraction of sp³-hybridized carbons (Fsp3) is 0.467. The van der Waals surface area contributed by atoms with Crippen LogP contribution in [0.25, 0.3) is 10.9 Å². The Balaban J connectivity index is 2.57. The van der Waals surface area contributed by atoms with Gasteiger partial charge in [0, 0.05) is 30.3 Å². The second-order valence-corrected chi connectivity index (χ2v) is 5.64. The SMILES string of the molecule is Cc1c(CC(C)(C)CO)c2ccccc2n1C. The molecule has 0 aliphatic heterocycles. The molecule has 0 saturated carbocycles. The number of hydrogen-bond donors (Lipinski definition) is 1. The topological polar surface area (TPSA) is 25.2 Å². The third kappa shape index (κ3) is 2.09. The lowest BCUT2D eigenvalue weighted by atomic mass is 9.86. The molecule has 0 fully saturated rings. The van der Waals surface area contributed by atoms with E-state index in [-0.39, 0.29) is 12.0 Å². The normalized spacial score (nSPS) is 12.3. The van der Waals surface area contributed by atoms with Crippen molar-refractivity contribution in [3.05, 3.63) is 35.5 Å². The van der Waals surface area contributed by atoms with Crippen molar-refractivity contribution in [2.75, 3.05) is 6.61 Å². The quantitative estimate of drug-likeness (QED) is 0.863. The number of fused-ring (bicyclic) bond motifs is 1. The van der Waals surface area contributed by atoms with Gasteiger partial charge in [0.05, 0.1) is 0 Å². The first-order valence-electron chi connectivity index (χ1n) is 6.10. The van der Waals surface area contributed by atoms with Gasteiger partial charge in [-0.1, -0.05) is 32.0 Å². The molecule has 0 aliphatic carbocycles. The number of hydrogen-bond acceptors (Lipinski definition) is 1. The highest BCUT2D eigenvalue weighted by molar-refractivity contribution is 5.85. The molecule has 2 nitrogen and oxygen atoms in total. The van der Waals surface area contributed by atoms with Crippen LogP contribution in [-0.2, 0) is 13.5 Å². The lowest BCUT2D eigenvalue weighted by Gasteiger charge is -2.21. The fourth-order valence-corrected chi connectivity index (χ4v) is 2.36. The summed E-state index contributed by atoms with van der Waals surface area (Å²) in [4.78, 5) is 0. The molecule has 2 rings (SSSR count). The van der Waals surface area contributed by atoms with Crippen molar-refractivity contribution < 1.29 is 5.11 Å². The summed E-state index contributed by atoms with van der Waals surface area (Å²) in [5, 5.41) is 10.7. The summed E-state index contributed by atoms with van der Waals surface area (Å²) in [6.45, 7) is 6.58. The lowest BCUT2D eigenvalue weighted by molar-refractivity contribution is 0.160. The summed E-state index contributed by atoms with van der Waals surface area (Å²) in [5.41, 5.74) is 3.87. The molecule has 2 aromatic rings. The van der Waals surface area contributed by atoms with Crippen LogP contribution >= 0.6 is 0 Å². The monoisotopic (exact) mass is 231 g/mol. The van der Waals surface area contributed by atoms with Crippen LogP contribution in [-0.4, -0.2) is 16.3 Å². The minimum Gasteiger partial charge on any atom is -0.396 e. The maximum atomic E-state index is 9.42. The maximum Gasteiger partial charge on any atom is 0.0485 e. The second kappa shape index (κ2) is 4.19.